The molecule has 0 radical (unpaired) electrons. The molecule has 4 rings (SSSR count). The first-order chi connectivity index (χ1) is 16.8. The Morgan fingerprint density at radius 3 is 2.77 bits per heavy atom. The normalized spacial score (nSPS) is 33.5. The maximum absolute atomic E-state index is 12.4. The van der Waals surface area contributed by atoms with E-state index >= 15 is 0 Å². The fourth-order valence-corrected chi connectivity index (χ4v) is 8.26. The summed E-state index contributed by atoms with van der Waals surface area (Å²) in [6.45, 7) is 9.75. The molecular weight excluding hydrogens is 434 g/mol. The summed E-state index contributed by atoms with van der Waals surface area (Å²) in [6.07, 6.45) is 14.2. The number of benzene rings is 1. The van der Waals surface area contributed by atoms with Crippen molar-refractivity contribution in [2.75, 3.05) is 13.6 Å². The van der Waals surface area contributed by atoms with Gasteiger partial charge in [-0.2, -0.15) is 0 Å². The van der Waals surface area contributed by atoms with E-state index in [4.69, 9.17) is 0 Å². The lowest BCUT2D eigenvalue weighted by molar-refractivity contribution is -0.130. The molecule has 2 fully saturated rings. The number of aliphatic hydroxyl groups excluding tert-OH is 1. The maximum atomic E-state index is 12.4. The number of phenolic OH excluding ortho intramolecular Hbond substituents is 1. The van der Waals surface area contributed by atoms with Gasteiger partial charge in [0, 0.05) is 20.0 Å². The number of rotatable bonds is 10. The Hall–Kier alpha value is -1.81. The lowest BCUT2D eigenvalue weighted by atomic mass is 9.44. The van der Waals surface area contributed by atoms with E-state index in [-0.39, 0.29) is 22.8 Å². The average Bonchev–Trinajstić information content (AvgIpc) is 3.15. The molecule has 2 saturated carbocycles. The number of carbonyl (C=O) groups excluding carboxylic acids is 1. The summed E-state index contributed by atoms with van der Waals surface area (Å²) in [7, 11) is 1.93. The number of unbranched alkanes of at least 4 members (excludes halogenated alkanes) is 3. The number of phenols is 1. The van der Waals surface area contributed by atoms with Crippen LogP contribution in [0.3, 0.4) is 0 Å². The van der Waals surface area contributed by atoms with Crippen molar-refractivity contribution in [3.05, 3.63) is 42.0 Å². The number of allylic oxidation sites excluding steroid dienone is 1. The van der Waals surface area contributed by atoms with E-state index in [0.717, 1.165) is 77.2 Å². The first-order valence-electron chi connectivity index (χ1n) is 14.1. The molecule has 0 aliphatic heterocycles. The molecule has 1 aromatic carbocycles. The number of aryl methyl sites for hydroxylation is 1. The Morgan fingerprint density at radius 2 is 2.03 bits per heavy atom. The largest absolute Gasteiger partial charge is 0.508 e. The van der Waals surface area contributed by atoms with Crippen LogP contribution in [0.15, 0.2) is 30.9 Å². The van der Waals surface area contributed by atoms with Crippen molar-refractivity contribution < 1.29 is 15.0 Å². The topological polar surface area (TPSA) is 60.8 Å². The van der Waals surface area contributed by atoms with Crippen LogP contribution >= 0.6 is 0 Å². The molecule has 1 aromatic rings. The van der Waals surface area contributed by atoms with Gasteiger partial charge in [0.05, 0.1) is 6.10 Å². The zero-order valence-corrected chi connectivity index (χ0v) is 22.3. The smallest absolute Gasteiger partial charge is 0.222 e. The zero-order chi connectivity index (χ0) is 25.2. The summed E-state index contributed by atoms with van der Waals surface area (Å²) >= 11 is 0. The molecule has 35 heavy (non-hydrogen) atoms. The molecule has 194 valence electrons. The van der Waals surface area contributed by atoms with Crippen molar-refractivity contribution >= 4 is 5.91 Å². The lowest BCUT2D eigenvalue weighted by Crippen LogP contribution is -2.54. The molecule has 0 saturated heterocycles. The summed E-state index contributed by atoms with van der Waals surface area (Å²) in [5, 5.41) is 21.3. The molecule has 0 aromatic heterocycles. The number of nitrogens with zero attached hydrogens (tertiary/aromatic N) is 1. The van der Waals surface area contributed by atoms with E-state index in [1.807, 2.05) is 24.1 Å². The van der Waals surface area contributed by atoms with Crippen LogP contribution in [0.2, 0.25) is 0 Å². The van der Waals surface area contributed by atoms with Gasteiger partial charge in [-0.15, -0.1) is 6.58 Å². The number of fused-ring (bicyclic) bond motifs is 5. The second kappa shape index (κ2) is 10.7. The van der Waals surface area contributed by atoms with Gasteiger partial charge in [0.1, 0.15) is 5.75 Å². The second-order valence-electron chi connectivity index (χ2n) is 12.1. The Balaban J connectivity index is 1.49. The number of aliphatic hydroxyl groups is 1. The van der Waals surface area contributed by atoms with Gasteiger partial charge in [0.25, 0.3) is 0 Å². The number of aromatic hydroxyl groups is 1. The van der Waals surface area contributed by atoms with Gasteiger partial charge in [-0.05, 0) is 103 Å². The first-order valence-corrected chi connectivity index (χ1v) is 14.1. The number of hydrogen-bond acceptors (Lipinski definition) is 3. The Morgan fingerprint density at radius 1 is 1.23 bits per heavy atom. The average molecular weight is 482 g/mol. The predicted octanol–water partition coefficient (Wildman–Crippen LogP) is 6.60. The van der Waals surface area contributed by atoms with Crippen LogP contribution in [0.4, 0.5) is 0 Å². The van der Waals surface area contributed by atoms with Gasteiger partial charge in [-0.3, -0.25) is 4.79 Å². The number of hydrogen-bond donors (Lipinski definition) is 2. The Labute approximate surface area is 212 Å². The predicted molar refractivity (Wildman–Crippen MR) is 142 cm³/mol. The van der Waals surface area contributed by atoms with Crippen LogP contribution in [-0.4, -0.2) is 40.7 Å². The van der Waals surface area contributed by atoms with Crippen LogP contribution in [0.1, 0.15) is 102 Å². The highest BCUT2D eigenvalue weighted by Gasteiger charge is 2.63. The quantitative estimate of drug-likeness (QED) is 0.292. The van der Waals surface area contributed by atoms with Gasteiger partial charge in [0.2, 0.25) is 5.91 Å². The molecule has 4 nitrogen and oxygen atoms in total. The number of carbonyl (C=O) groups is 1. The highest BCUT2D eigenvalue weighted by molar-refractivity contribution is 5.75. The summed E-state index contributed by atoms with van der Waals surface area (Å²) in [5.41, 5.74) is 2.65. The minimum Gasteiger partial charge on any atom is -0.508 e. The highest BCUT2D eigenvalue weighted by atomic mass is 16.3. The van der Waals surface area contributed by atoms with Gasteiger partial charge in [-0.25, -0.2) is 0 Å². The molecule has 6 atom stereocenters. The molecule has 2 N–H and O–H groups in total. The third kappa shape index (κ3) is 4.80. The van der Waals surface area contributed by atoms with Crippen LogP contribution in [0, 0.1) is 22.7 Å². The van der Waals surface area contributed by atoms with E-state index in [1.165, 1.54) is 11.1 Å². The van der Waals surface area contributed by atoms with Crippen LogP contribution in [0.5, 0.6) is 5.75 Å². The Bertz CT molecular complexity index is 912. The molecule has 0 heterocycles. The van der Waals surface area contributed by atoms with E-state index < -0.39 is 0 Å². The zero-order valence-electron chi connectivity index (χ0n) is 22.3. The van der Waals surface area contributed by atoms with Gasteiger partial charge in [-0.1, -0.05) is 45.3 Å². The summed E-state index contributed by atoms with van der Waals surface area (Å²) in [5.74, 6) is 1.97. The first kappa shape index (κ1) is 26.3. The van der Waals surface area contributed by atoms with Crippen molar-refractivity contribution in [2.24, 2.45) is 22.7 Å². The van der Waals surface area contributed by atoms with E-state index in [0.29, 0.717) is 29.9 Å². The SMILES string of the molecule is C=CC12CCc3cc(O)ccc3C1[C@@H](CCCCCC(=O)N(C)CCCC)C[C@@]1(C)C2CC[C@@H]1O. The van der Waals surface area contributed by atoms with Crippen molar-refractivity contribution in [2.45, 2.75) is 103 Å². The van der Waals surface area contributed by atoms with Crippen molar-refractivity contribution in [3.8, 4) is 5.75 Å². The lowest BCUT2D eigenvalue weighted by Gasteiger charge is -2.60. The maximum Gasteiger partial charge on any atom is 0.222 e. The van der Waals surface area contributed by atoms with E-state index in [2.05, 4.69) is 32.6 Å². The van der Waals surface area contributed by atoms with Crippen molar-refractivity contribution in [1.82, 2.24) is 4.90 Å². The highest BCUT2D eigenvalue weighted by Crippen LogP contribution is 2.69. The summed E-state index contributed by atoms with van der Waals surface area (Å²) < 4.78 is 0. The molecule has 1 amide bonds. The Kier molecular flexibility index (Phi) is 8.00. The van der Waals surface area contributed by atoms with Crippen molar-refractivity contribution in [1.29, 1.82) is 0 Å². The monoisotopic (exact) mass is 481 g/mol. The third-order valence-electron chi connectivity index (χ3n) is 10.1. The van der Waals surface area contributed by atoms with Crippen LogP contribution in [0.25, 0.3) is 0 Å². The molecule has 3 unspecified atom stereocenters. The van der Waals surface area contributed by atoms with E-state index in [9.17, 15) is 15.0 Å². The van der Waals surface area contributed by atoms with Crippen LogP contribution in [-0.2, 0) is 11.2 Å². The van der Waals surface area contributed by atoms with Gasteiger partial charge >= 0.3 is 0 Å². The molecule has 4 heteroatoms. The van der Waals surface area contributed by atoms with Crippen LogP contribution < -0.4 is 0 Å². The fourth-order valence-electron chi connectivity index (χ4n) is 8.26. The minimum absolute atomic E-state index is 0.0110. The number of amides is 1. The van der Waals surface area contributed by atoms with E-state index in [1.54, 1.807) is 0 Å². The van der Waals surface area contributed by atoms with Gasteiger partial charge < -0.3 is 15.1 Å². The molecule has 3 aliphatic rings. The molecule has 0 bridgehead atoms. The minimum atomic E-state index is -0.231. The summed E-state index contributed by atoms with van der Waals surface area (Å²) in [4.78, 5) is 14.3. The summed E-state index contributed by atoms with van der Waals surface area (Å²) in [6, 6.07) is 5.99. The molecule has 0 spiro atoms. The standard InChI is InChI=1S/C31H47NO3/c1-5-7-19-32(4)28(35)12-10-8-9-11-23-21-30(3)26(15-16-27(30)34)31(6-2)18-17-22-20-24(33)13-14-25(22)29(23)31/h6,13-14,20,23,26-27,29,33-34H,2,5,7-12,15-19,21H2,1,3-4H3/t23-,26?,27-,29?,30-,31?/m0/s1. The van der Waals surface area contributed by atoms with Gasteiger partial charge in [0.15, 0.2) is 0 Å². The van der Waals surface area contributed by atoms with Crippen molar-refractivity contribution in [3.63, 3.8) is 0 Å². The third-order valence-corrected chi connectivity index (χ3v) is 10.1. The fraction of sp³-hybridized carbons (Fsp3) is 0.710. The molecular formula is C31H47NO3. The second-order valence-corrected chi connectivity index (χ2v) is 12.1. The molecule has 3 aliphatic carbocycles.